The molecule has 0 spiro atoms. The van der Waals surface area contributed by atoms with Gasteiger partial charge in [-0.3, -0.25) is 9.59 Å². The van der Waals surface area contributed by atoms with Gasteiger partial charge in [0.15, 0.2) is 5.76 Å². The largest absolute Gasteiger partial charge is 0.479 e. The second kappa shape index (κ2) is 8.47. The Morgan fingerprint density at radius 1 is 1.06 bits per heavy atom. The molecule has 0 radical (unpaired) electrons. The number of methoxy groups -OCH3 is 1. The van der Waals surface area contributed by atoms with E-state index in [1.54, 1.807) is 30.3 Å². The molecule has 0 saturated heterocycles. The van der Waals surface area contributed by atoms with Gasteiger partial charge in [0.25, 0.3) is 5.88 Å². The number of nitrogens with zero attached hydrogens (tertiary/aromatic N) is 1. The predicted molar refractivity (Wildman–Crippen MR) is 116 cm³/mol. The number of hydrogen-bond donors (Lipinski definition) is 1. The zero-order valence-electron chi connectivity index (χ0n) is 17.5. The lowest BCUT2D eigenvalue weighted by Gasteiger charge is -2.04. The van der Waals surface area contributed by atoms with Crippen LogP contribution in [0.5, 0.6) is 5.88 Å². The normalized spacial score (nSPS) is 10.9. The topological polar surface area (TPSA) is 94.6 Å². The number of amides is 1. The first-order chi connectivity index (χ1) is 14.9. The molecule has 0 bridgehead atoms. The molecule has 31 heavy (non-hydrogen) atoms. The minimum atomic E-state index is -0.172. The van der Waals surface area contributed by atoms with Crippen LogP contribution in [0.25, 0.3) is 11.0 Å². The van der Waals surface area contributed by atoms with E-state index in [0.717, 1.165) is 16.5 Å². The zero-order valence-corrected chi connectivity index (χ0v) is 17.5. The van der Waals surface area contributed by atoms with Crippen molar-refractivity contribution < 1.29 is 23.3 Å². The Morgan fingerprint density at radius 3 is 2.55 bits per heavy atom. The third-order valence-electron chi connectivity index (χ3n) is 5.09. The Morgan fingerprint density at radius 2 is 1.84 bits per heavy atom. The molecule has 0 saturated carbocycles. The van der Waals surface area contributed by atoms with Gasteiger partial charge >= 0.3 is 0 Å². The van der Waals surface area contributed by atoms with Gasteiger partial charge in [-0.05, 0) is 31.1 Å². The van der Waals surface area contributed by atoms with Crippen LogP contribution in [0.15, 0.2) is 57.5 Å². The van der Waals surface area contributed by atoms with Crippen LogP contribution >= 0.6 is 0 Å². The number of carbonyl (C=O) groups excluding carboxylic acids is 2. The van der Waals surface area contributed by atoms with Gasteiger partial charge in [0, 0.05) is 47.2 Å². The maximum absolute atomic E-state index is 12.9. The molecule has 0 atom stereocenters. The summed E-state index contributed by atoms with van der Waals surface area (Å²) in [5, 5.41) is 7.39. The molecule has 1 N–H and O–H groups in total. The van der Waals surface area contributed by atoms with Crippen molar-refractivity contribution in [2.75, 3.05) is 12.4 Å². The molecule has 4 aromatic rings. The summed E-state index contributed by atoms with van der Waals surface area (Å²) in [6.07, 6.45) is 0.629. The number of nitrogens with one attached hydrogen (secondary N) is 1. The number of hydrogen-bond acceptors (Lipinski definition) is 6. The molecule has 0 aliphatic rings. The molecule has 0 aliphatic heterocycles. The number of furan rings is 1. The van der Waals surface area contributed by atoms with Crippen LogP contribution < -0.4 is 10.1 Å². The summed E-state index contributed by atoms with van der Waals surface area (Å²) in [4.78, 5) is 25.2. The van der Waals surface area contributed by atoms with E-state index in [-0.39, 0.29) is 18.1 Å². The number of benzene rings is 2. The van der Waals surface area contributed by atoms with Gasteiger partial charge in [-0.2, -0.15) is 0 Å². The van der Waals surface area contributed by atoms with E-state index < -0.39 is 0 Å². The highest BCUT2D eigenvalue weighted by molar-refractivity contribution is 6.10. The molecule has 0 aliphatic carbocycles. The number of carbonyl (C=O) groups is 2. The molecule has 2 aromatic carbocycles. The molecule has 0 unspecified atom stereocenters. The maximum Gasteiger partial charge on any atom is 0.254 e. The number of aromatic nitrogens is 1. The number of ether oxygens (including phenoxy) is 1. The van der Waals surface area contributed by atoms with Gasteiger partial charge in [-0.15, -0.1) is 0 Å². The quantitative estimate of drug-likeness (QED) is 0.431. The van der Waals surface area contributed by atoms with Crippen molar-refractivity contribution in [3.05, 3.63) is 76.7 Å². The number of aryl methyl sites for hydroxylation is 3. The Balaban J connectivity index is 1.48. The summed E-state index contributed by atoms with van der Waals surface area (Å²) in [6.45, 7) is 3.83. The van der Waals surface area contributed by atoms with Gasteiger partial charge in [-0.1, -0.05) is 29.8 Å². The van der Waals surface area contributed by atoms with Crippen LogP contribution in [0.4, 0.5) is 5.69 Å². The van der Waals surface area contributed by atoms with Crippen LogP contribution in [0.3, 0.4) is 0 Å². The highest BCUT2D eigenvalue weighted by Gasteiger charge is 2.19. The third-order valence-corrected chi connectivity index (χ3v) is 5.09. The first-order valence-corrected chi connectivity index (χ1v) is 9.88. The lowest BCUT2D eigenvalue weighted by molar-refractivity contribution is -0.116. The Labute approximate surface area is 179 Å². The van der Waals surface area contributed by atoms with Gasteiger partial charge in [0.2, 0.25) is 11.7 Å². The molecule has 7 heteroatoms. The third kappa shape index (κ3) is 4.35. The van der Waals surface area contributed by atoms with Crippen molar-refractivity contribution in [2.24, 2.45) is 0 Å². The van der Waals surface area contributed by atoms with Crippen molar-refractivity contribution >= 4 is 28.3 Å². The van der Waals surface area contributed by atoms with Crippen LogP contribution in [0.2, 0.25) is 0 Å². The molecule has 1 amide bonds. The molecule has 0 fully saturated rings. The van der Waals surface area contributed by atoms with Crippen molar-refractivity contribution in [2.45, 2.75) is 26.7 Å². The lowest BCUT2D eigenvalue weighted by atomic mass is 10.0. The highest BCUT2D eigenvalue weighted by atomic mass is 16.5. The zero-order chi connectivity index (χ0) is 22.0. The Kier molecular flexibility index (Phi) is 5.58. The van der Waals surface area contributed by atoms with Crippen LogP contribution in [0.1, 0.15) is 39.4 Å². The molecular weight excluding hydrogens is 396 g/mol. The smallest absolute Gasteiger partial charge is 0.254 e. The van der Waals surface area contributed by atoms with Crippen molar-refractivity contribution in [3.8, 4) is 5.88 Å². The molecular formula is C24H22N2O5. The fraction of sp³-hybridized carbons (Fsp3) is 0.208. The first kappa shape index (κ1) is 20.4. The number of anilines is 1. The van der Waals surface area contributed by atoms with Crippen LogP contribution in [-0.2, 0) is 11.2 Å². The molecule has 7 nitrogen and oxygen atoms in total. The lowest BCUT2D eigenvalue weighted by Crippen LogP contribution is -2.12. The average Bonchev–Trinajstić information content (AvgIpc) is 3.36. The fourth-order valence-electron chi connectivity index (χ4n) is 3.32. The van der Waals surface area contributed by atoms with Gasteiger partial charge in [0.1, 0.15) is 11.3 Å². The van der Waals surface area contributed by atoms with Crippen molar-refractivity contribution in [1.29, 1.82) is 0 Å². The number of ketones is 1. The second-order valence-corrected chi connectivity index (χ2v) is 7.35. The molecule has 158 valence electrons. The predicted octanol–water partition coefficient (Wildman–Crippen LogP) is 4.85. The Bertz CT molecular complexity index is 1250. The summed E-state index contributed by atoms with van der Waals surface area (Å²) < 4.78 is 15.9. The van der Waals surface area contributed by atoms with Gasteiger partial charge < -0.3 is 19.0 Å². The minimum absolute atomic E-state index is 0.165. The van der Waals surface area contributed by atoms with E-state index in [0.29, 0.717) is 40.7 Å². The summed E-state index contributed by atoms with van der Waals surface area (Å²) in [6, 6.07) is 14.4. The van der Waals surface area contributed by atoms with E-state index >= 15 is 0 Å². The van der Waals surface area contributed by atoms with E-state index in [1.807, 2.05) is 32.0 Å². The fourth-order valence-corrected chi connectivity index (χ4v) is 3.32. The monoisotopic (exact) mass is 418 g/mol. The minimum Gasteiger partial charge on any atom is -0.479 e. The van der Waals surface area contributed by atoms with Gasteiger partial charge in [-0.25, -0.2) is 0 Å². The maximum atomic E-state index is 12.9. The number of fused-ring (bicyclic) bond motifs is 1. The van der Waals surface area contributed by atoms with E-state index in [1.165, 1.54) is 7.11 Å². The molecule has 2 aromatic heterocycles. The summed E-state index contributed by atoms with van der Waals surface area (Å²) >= 11 is 0. The van der Waals surface area contributed by atoms with Crippen LogP contribution in [0, 0.1) is 13.8 Å². The van der Waals surface area contributed by atoms with Gasteiger partial charge in [0.05, 0.1) is 7.11 Å². The standard InChI is InChI=1S/C24H22N2O5/c1-14-4-6-16(7-5-14)23(28)24-15(2)19-10-8-17(12-20(19)30-24)25-21(27)11-9-18-13-22(29-3)26-31-18/h4-8,10,12-13H,9,11H2,1-3H3,(H,25,27). The van der Waals surface area contributed by atoms with Crippen LogP contribution in [-0.4, -0.2) is 24.0 Å². The van der Waals surface area contributed by atoms with E-state index in [9.17, 15) is 9.59 Å². The SMILES string of the molecule is COc1cc(CCC(=O)Nc2ccc3c(C)c(C(=O)c4ccc(C)cc4)oc3c2)on1. The summed E-state index contributed by atoms with van der Waals surface area (Å²) in [5.41, 5.74) is 3.57. The highest BCUT2D eigenvalue weighted by Crippen LogP contribution is 2.29. The second-order valence-electron chi connectivity index (χ2n) is 7.35. The van der Waals surface area contributed by atoms with E-state index in [2.05, 4.69) is 10.5 Å². The molecule has 2 heterocycles. The van der Waals surface area contributed by atoms with Crippen molar-refractivity contribution in [3.63, 3.8) is 0 Å². The van der Waals surface area contributed by atoms with Crippen molar-refractivity contribution in [1.82, 2.24) is 5.16 Å². The van der Waals surface area contributed by atoms with E-state index in [4.69, 9.17) is 13.7 Å². The molecule has 4 rings (SSSR count). The number of rotatable bonds is 7. The average molecular weight is 418 g/mol. The summed E-state index contributed by atoms with van der Waals surface area (Å²) in [7, 11) is 1.50. The Hall–Kier alpha value is -3.87. The summed E-state index contributed by atoms with van der Waals surface area (Å²) in [5.74, 6) is 0.922. The first-order valence-electron chi connectivity index (χ1n) is 9.88.